The Kier molecular flexibility index (Phi) is 4.39. The van der Waals surface area contributed by atoms with Gasteiger partial charge in [0.15, 0.2) is 6.61 Å². The summed E-state index contributed by atoms with van der Waals surface area (Å²) in [6.07, 6.45) is 4.44. The molecule has 0 radical (unpaired) electrons. The molecule has 0 aromatic heterocycles. The minimum atomic E-state index is -0.513. The van der Waals surface area contributed by atoms with Gasteiger partial charge in [0.2, 0.25) is 5.91 Å². The summed E-state index contributed by atoms with van der Waals surface area (Å²) in [6, 6.07) is 6.78. The standard InChI is InChI=1S/C14H18N2O3/c15-14(18)10-4-3-7-12(8-10)19-9-13(17)16-11-5-1-2-6-11/h3-4,7-8,11H,1-2,5-6,9H2,(H2,15,18)(H,16,17). The Morgan fingerprint density at radius 3 is 2.74 bits per heavy atom. The van der Waals surface area contributed by atoms with Gasteiger partial charge in [0.05, 0.1) is 0 Å². The molecule has 19 heavy (non-hydrogen) atoms. The maximum atomic E-state index is 11.7. The molecule has 0 aliphatic heterocycles. The predicted molar refractivity (Wildman–Crippen MR) is 70.9 cm³/mol. The number of benzene rings is 1. The second-order valence-electron chi connectivity index (χ2n) is 4.73. The number of rotatable bonds is 5. The molecule has 0 heterocycles. The van der Waals surface area contributed by atoms with E-state index in [0.29, 0.717) is 11.3 Å². The zero-order chi connectivity index (χ0) is 13.7. The van der Waals surface area contributed by atoms with Crippen LogP contribution in [0.15, 0.2) is 24.3 Å². The summed E-state index contributed by atoms with van der Waals surface area (Å²) >= 11 is 0. The maximum absolute atomic E-state index is 11.7. The first kappa shape index (κ1) is 13.4. The van der Waals surface area contributed by atoms with Crippen LogP contribution >= 0.6 is 0 Å². The third kappa shape index (κ3) is 3.98. The summed E-state index contributed by atoms with van der Waals surface area (Å²) in [5.74, 6) is -0.171. The van der Waals surface area contributed by atoms with Crippen molar-refractivity contribution in [1.82, 2.24) is 5.32 Å². The second-order valence-corrected chi connectivity index (χ2v) is 4.73. The Balaban J connectivity index is 1.82. The van der Waals surface area contributed by atoms with Gasteiger partial charge in [0.1, 0.15) is 5.75 Å². The fourth-order valence-corrected chi connectivity index (χ4v) is 2.23. The zero-order valence-corrected chi connectivity index (χ0v) is 10.7. The van der Waals surface area contributed by atoms with Crippen LogP contribution in [0.3, 0.4) is 0 Å². The summed E-state index contributed by atoms with van der Waals surface area (Å²) < 4.78 is 5.35. The lowest BCUT2D eigenvalue weighted by Gasteiger charge is -2.12. The smallest absolute Gasteiger partial charge is 0.258 e. The number of nitrogens with two attached hydrogens (primary N) is 1. The van der Waals surface area contributed by atoms with E-state index in [1.165, 1.54) is 18.9 Å². The number of ether oxygens (including phenoxy) is 1. The van der Waals surface area contributed by atoms with Crippen molar-refractivity contribution < 1.29 is 14.3 Å². The summed E-state index contributed by atoms with van der Waals surface area (Å²) in [4.78, 5) is 22.7. The Morgan fingerprint density at radius 2 is 2.05 bits per heavy atom. The monoisotopic (exact) mass is 262 g/mol. The van der Waals surface area contributed by atoms with Crippen molar-refractivity contribution in [2.45, 2.75) is 31.7 Å². The number of amides is 2. The van der Waals surface area contributed by atoms with E-state index >= 15 is 0 Å². The molecular formula is C14H18N2O3. The molecule has 1 aliphatic rings. The highest BCUT2D eigenvalue weighted by Crippen LogP contribution is 2.17. The number of carbonyl (C=O) groups excluding carboxylic acids is 2. The highest BCUT2D eigenvalue weighted by atomic mass is 16.5. The van der Waals surface area contributed by atoms with Crippen LogP contribution in [-0.2, 0) is 4.79 Å². The van der Waals surface area contributed by atoms with Crippen LogP contribution in [0, 0.1) is 0 Å². The summed E-state index contributed by atoms with van der Waals surface area (Å²) in [6.45, 7) is -0.0429. The average molecular weight is 262 g/mol. The first-order valence-corrected chi connectivity index (χ1v) is 6.47. The van der Waals surface area contributed by atoms with E-state index < -0.39 is 5.91 Å². The van der Waals surface area contributed by atoms with Gasteiger partial charge in [0.25, 0.3) is 5.91 Å². The number of nitrogens with one attached hydrogen (secondary N) is 1. The molecule has 1 fully saturated rings. The maximum Gasteiger partial charge on any atom is 0.258 e. The molecule has 1 aromatic carbocycles. The molecule has 5 heteroatoms. The molecule has 1 saturated carbocycles. The molecule has 3 N–H and O–H groups in total. The third-order valence-corrected chi connectivity index (χ3v) is 3.21. The molecule has 0 spiro atoms. The van der Waals surface area contributed by atoms with Crippen LogP contribution in [-0.4, -0.2) is 24.5 Å². The molecule has 102 valence electrons. The Morgan fingerprint density at radius 1 is 1.32 bits per heavy atom. The highest BCUT2D eigenvalue weighted by Gasteiger charge is 2.17. The number of hydrogen-bond donors (Lipinski definition) is 2. The van der Waals surface area contributed by atoms with Crippen LogP contribution in [0.5, 0.6) is 5.75 Å². The third-order valence-electron chi connectivity index (χ3n) is 3.21. The lowest BCUT2D eigenvalue weighted by Crippen LogP contribution is -2.36. The first-order valence-electron chi connectivity index (χ1n) is 6.47. The van der Waals surface area contributed by atoms with Crippen LogP contribution in [0.1, 0.15) is 36.0 Å². The van der Waals surface area contributed by atoms with Crippen molar-refractivity contribution in [1.29, 1.82) is 0 Å². The van der Waals surface area contributed by atoms with Gasteiger partial charge in [-0.05, 0) is 31.0 Å². The SMILES string of the molecule is NC(=O)c1cccc(OCC(=O)NC2CCCC2)c1. The van der Waals surface area contributed by atoms with Crippen LogP contribution in [0.25, 0.3) is 0 Å². The quantitative estimate of drug-likeness (QED) is 0.837. The molecule has 5 nitrogen and oxygen atoms in total. The molecule has 0 atom stereocenters. The molecule has 0 saturated heterocycles. The number of primary amides is 1. The van der Waals surface area contributed by atoms with Gasteiger partial charge >= 0.3 is 0 Å². The van der Waals surface area contributed by atoms with Crippen molar-refractivity contribution >= 4 is 11.8 Å². The van der Waals surface area contributed by atoms with Crippen molar-refractivity contribution in [3.05, 3.63) is 29.8 Å². The Labute approximate surface area is 112 Å². The van der Waals surface area contributed by atoms with E-state index in [0.717, 1.165) is 12.8 Å². The normalized spacial score (nSPS) is 15.2. The minimum absolute atomic E-state index is 0.0429. The van der Waals surface area contributed by atoms with E-state index in [-0.39, 0.29) is 18.6 Å². The van der Waals surface area contributed by atoms with Gasteiger partial charge in [-0.25, -0.2) is 0 Å². The van der Waals surface area contributed by atoms with Crippen molar-refractivity contribution in [2.75, 3.05) is 6.61 Å². The summed E-state index contributed by atoms with van der Waals surface area (Å²) in [7, 11) is 0. The van der Waals surface area contributed by atoms with Crippen LogP contribution < -0.4 is 15.8 Å². The largest absolute Gasteiger partial charge is 0.484 e. The van der Waals surface area contributed by atoms with Crippen molar-refractivity contribution in [3.8, 4) is 5.75 Å². The van der Waals surface area contributed by atoms with Gasteiger partial charge in [-0.1, -0.05) is 18.9 Å². The van der Waals surface area contributed by atoms with E-state index in [1.807, 2.05) is 0 Å². The van der Waals surface area contributed by atoms with E-state index in [4.69, 9.17) is 10.5 Å². The lowest BCUT2D eigenvalue weighted by atomic mass is 10.2. The van der Waals surface area contributed by atoms with Crippen LogP contribution in [0.2, 0.25) is 0 Å². The lowest BCUT2D eigenvalue weighted by molar-refractivity contribution is -0.123. The van der Waals surface area contributed by atoms with E-state index in [1.54, 1.807) is 18.2 Å². The molecule has 0 bridgehead atoms. The second kappa shape index (κ2) is 6.22. The molecule has 2 rings (SSSR count). The number of hydrogen-bond acceptors (Lipinski definition) is 3. The van der Waals surface area contributed by atoms with Crippen molar-refractivity contribution in [3.63, 3.8) is 0 Å². The van der Waals surface area contributed by atoms with Gasteiger partial charge in [-0.3, -0.25) is 9.59 Å². The fraction of sp³-hybridized carbons (Fsp3) is 0.429. The van der Waals surface area contributed by atoms with Crippen molar-refractivity contribution in [2.24, 2.45) is 5.73 Å². The average Bonchev–Trinajstić information content (AvgIpc) is 2.89. The molecule has 0 unspecified atom stereocenters. The predicted octanol–water partition coefficient (Wildman–Crippen LogP) is 1.22. The van der Waals surface area contributed by atoms with Gasteiger partial charge in [0, 0.05) is 11.6 Å². The number of carbonyl (C=O) groups is 2. The van der Waals surface area contributed by atoms with Gasteiger partial charge in [-0.15, -0.1) is 0 Å². The van der Waals surface area contributed by atoms with Gasteiger partial charge in [-0.2, -0.15) is 0 Å². The van der Waals surface area contributed by atoms with Crippen LogP contribution in [0.4, 0.5) is 0 Å². The molecular weight excluding hydrogens is 244 g/mol. The van der Waals surface area contributed by atoms with E-state index in [2.05, 4.69) is 5.32 Å². The minimum Gasteiger partial charge on any atom is -0.484 e. The zero-order valence-electron chi connectivity index (χ0n) is 10.7. The Bertz CT molecular complexity index is 468. The topological polar surface area (TPSA) is 81.4 Å². The summed E-state index contributed by atoms with van der Waals surface area (Å²) in [5.41, 5.74) is 5.54. The highest BCUT2D eigenvalue weighted by molar-refractivity contribution is 5.93. The summed E-state index contributed by atoms with van der Waals surface area (Å²) in [5, 5.41) is 2.93. The fourth-order valence-electron chi connectivity index (χ4n) is 2.23. The molecule has 2 amide bonds. The first-order chi connectivity index (χ1) is 9.15. The molecule has 1 aromatic rings. The van der Waals surface area contributed by atoms with Gasteiger partial charge < -0.3 is 15.8 Å². The Hall–Kier alpha value is -2.04. The molecule has 1 aliphatic carbocycles. The van der Waals surface area contributed by atoms with E-state index in [9.17, 15) is 9.59 Å².